The molecule has 0 aliphatic carbocycles. The van der Waals surface area contributed by atoms with Gasteiger partial charge in [-0.15, -0.1) is 22.7 Å². The Bertz CT molecular complexity index is 984. The fourth-order valence-corrected chi connectivity index (χ4v) is 4.71. The van der Waals surface area contributed by atoms with Crippen molar-refractivity contribution < 1.29 is 9.47 Å². The van der Waals surface area contributed by atoms with E-state index in [1.54, 1.807) is 36.9 Å². The van der Waals surface area contributed by atoms with E-state index in [1.807, 2.05) is 6.07 Å². The van der Waals surface area contributed by atoms with Crippen LogP contribution in [0, 0.1) is 6.92 Å². The second-order valence-corrected chi connectivity index (χ2v) is 6.95. The molecule has 0 N–H and O–H groups in total. The minimum Gasteiger partial charge on any atom is -0.493 e. The summed E-state index contributed by atoms with van der Waals surface area (Å²) in [4.78, 5) is 4.73. The Kier molecular flexibility index (Phi) is 2.80. The van der Waals surface area contributed by atoms with Crippen molar-refractivity contribution in [1.29, 1.82) is 0 Å². The highest BCUT2D eigenvalue weighted by Gasteiger charge is 2.16. The molecule has 0 atom stereocenters. The van der Waals surface area contributed by atoms with Gasteiger partial charge in [-0.25, -0.2) is 4.98 Å². The molecule has 0 saturated heterocycles. The maximum absolute atomic E-state index is 5.45. The van der Waals surface area contributed by atoms with Crippen molar-refractivity contribution in [3.63, 3.8) is 0 Å². The van der Waals surface area contributed by atoms with Gasteiger partial charge in [0.15, 0.2) is 11.5 Å². The van der Waals surface area contributed by atoms with Gasteiger partial charge in [-0.2, -0.15) is 0 Å². The molecule has 0 bridgehead atoms. The molecule has 106 valence electrons. The quantitative estimate of drug-likeness (QED) is 0.522. The Balaban J connectivity index is 2.30. The molecular weight excluding hydrogens is 302 g/mol. The molecule has 2 aromatic heterocycles. The highest BCUT2D eigenvalue weighted by atomic mass is 32.1. The van der Waals surface area contributed by atoms with Gasteiger partial charge in [0, 0.05) is 20.9 Å². The van der Waals surface area contributed by atoms with Crippen molar-refractivity contribution in [1.82, 2.24) is 4.98 Å². The molecule has 0 unspecified atom stereocenters. The van der Waals surface area contributed by atoms with Crippen LogP contribution < -0.4 is 9.47 Å². The van der Waals surface area contributed by atoms with Crippen molar-refractivity contribution in [2.24, 2.45) is 0 Å². The molecule has 2 aromatic carbocycles. The van der Waals surface area contributed by atoms with Gasteiger partial charge in [0.2, 0.25) is 0 Å². The molecule has 2 heterocycles. The second kappa shape index (κ2) is 4.58. The number of fused-ring (bicyclic) bond motifs is 6. The zero-order valence-corrected chi connectivity index (χ0v) is 13.5. The van der Waals surface area contributed by atoms with Crippen molar-refractivity contribution in [3.8, 4) is 11.5 Å². The predicted octanol–water partition coefficient (Wildman–Crippen LogP) is 4.99. The highest BCUT2D eigenvalue weighted by molar-refractivity contribution is 7.22. The van der Waals surface area contributed by atoms with Gasteiger partial charge in [0.25, 0.3) is 0 Å². The van der Waals surface area contributed by atoms with Crippen LogP contribution in [0.5, 0.6) is 11.5 Å². The third-order valence-corrected chi connectivity index (χ3v) is 5.62. The topological polar surface area (TPSA) is 31.4 Å². The van der Waals surface area contributed by atoms with E-state index in [9.17, 15) is 0 Å². The number of benzene rings is 2. The summed E-state index contributed by atoms with van der Waals surface area (Å²) < 4.78 is 13.4. The van der Waals surface area contributed by atoms with Crippen LogP contribution in [0.25, 0.3) is 31.1 Å². The van der Waals surface area contributed by atoms with Crippen LogP contribution in [0.3, 0.4) is 0 Å². The molecule has 4 aromatic rings. The molecule has 0 radical (unpaired) electrons. The monoisotopic (exact) mass is 315 g/mol. The number of methoxy groups -OCH3 is 2. The number of thiazole rings is 1. The van der Waals surface area contributed by atoms with E-state index in [0.29, 0.717) is 0 Å². The Labute approximate surface area is 129 Å². The number of hydrogen-bond acceptors (Lipinski definition) is 5. The molecule has 0 amide bonds. The number of rotatable bonds is 2. The molecule has 5 heteroatoms. The van der Waals surface area contributed by atoms with Crippen LogP contribution in [-0.2, 0) is 0 Å². The molecule has 0 saturated carbocycles. The van der Waals surface area contributed by atoms with E-state index in [4.69, 9.17) is 14.5 Å². The fraction of sp³-hybridized carbons (Fsp3) is 0.188. The molecule has 0 spiro atoms. The Morgan fingerprint density at radius 3 is 2.38 bits per heavy atom. The summed E-state index contributed by atoms with van der Waals surface area (Å²) in [6.07, 6.45) is 0. The van der Waals surface area contributed by atoms with Gasteiger partial charge >= 0.3 is 0 Å². The third kappa shape index (κ3) is 1.74. The molecule has 3 nitrogen and oxygen atoms in total. The minimum absolute atomic E-state index is 0.743. The Morgan fingerprint density at radius 1 is 0.952 bits per heavy atom. The maximum atomic E-state index is 5.45. The normalized spacial score (nSPS) is 11.6. The first-order chi connectivity index (χ1) is 10.2. The van der Waals surface area contributed by atoms with Gasteiger partial charge in [-0.3, -0.25) is 0 Å². The molecule has 21 heavy (non-hydrogen) atoms. The lowest BCUT2D eigenvalue weighted by atomic mass is 10.1. The van der Waals surface area contributed by atoms with Crippen LogP contribution in [0.1, 0.15) is 5.01 Å². The highest BCUT2D eigenvalue weighted by Crippen LogP contribution is 2.43. The number of thiophene rings is 1. The van der Waals surface area contributed by atoms with Crippen LogP contribution in [0.4, 0.5) is 0 Å². The summed E-state index contributed by atoms with van der Waals surface area (Å²) in [5, 5.41) is 6.80. The lowest BCUT2D eigenvalue weighted by molar-refractivity contribution is 0.356. The largest absolute Gasteiger partial charge is 0.493 e. The number of nitrogens with zero attached hydrogens (tertiary/aromatic N) is 1. The zero-order chi connectivity index (χ0) is 14.6. The van der Waals surface area contributed by atoms with Gasteiger partial charge in [-0.1, -0.05) is 0 Å². The first kappa shape index (κ1) is 12.9. The lowest BCUT2D eigenvalue weighted by Gasteiger charge is -2.10. The van der Waals surface area contributed by atoms with E-state index < -0.39 is 0 Å². The van der Waals surface area contributed by atoms with Gasteiger partial charge in [-0.05, 0) is 30.5 Å². The second-order valence-electron chi connectivity index (χ2n) is 4.83. The lowest BCUT2D eigenvalue weighted by Crippen LogP contribution is -1.91. The number of aromatic nitrogens is 1. The van der Waals surface area contributed by atoms with E-state index in [2.05, 4.69) is 24.4 Å². The molecule has 0 fully saturated rings. The third-order valence-electron chi connectivity index (χ3n) is 3.67. The number of ether oxygens (including phenoxy) is 2. The van der Waals surface area contributed by atoms with Crippen LogP contribution in [0.15, 0.2) is 23.6 Å². The first-order valence-corrected chi connectivity index (χ1v) is 8.24. The SMILES string of the molecule is COc1cc2c(cc1OC)c1sccc1c1sc(C)nc21. The average Bonchev–Trinajstić information content (AvgIpc) is 3.11. The van der Waals surface area contributed by atoms with Crippen molar-refractivity contribution in [2.75, 3.05) is 14.2 Å². The molecule has 0 aliphatic heterocycles. The predicted molar refractivity (Wildman–Crippen MR) is 90.4 cm³/mol. The fourth-order valence-electron chi connectivity index (χ4n) is 2.75. The Hall–Kier alpha value is -1.85. The minimum atomic E-state index is 0.743. The summed E-state index contributed by atoms with van der Waals surface area (Å²) in [6.45, 7) is 2.05. The van der Waals surface area contributed by atoms with Crippen molar-refractivity contribution in [3.05, 3.63) is 28.6 Å². The summed E-state index contributed by atoms with van der Waals surface area (Å²) in [7, 11) is 3.33. The average molecular weight is 315 g/mol. The standard InChI is InChI=1S/C16H13NO2S2/c1-8-17-14-10-6-12(18-2)13(19-3)7-11(10)15-9(4-5-20-15)16(14)21-8/h4-7H,1-3H3. The number of aryl methyl sites for hydroxylation is 1. The first-order valence-electron chi connectivity index (χ1n) is 6.55. The van der Waals surface area contributed by atoms with Crippen LogP contribution in [-0.4, -0.2) is 19.2 Å². The van der Waals surface area contributed by atoms with E-state index in [-0.39, 0.29) is 0 Å². The van der Waals surface area contributed by atoms with Crippen molar-refractivity contribution >= 4 is 53.7 Å². The number of hydrogen-bond donors (Lipinski definition) is 0. The van der Waals surface area contributed by atoms with E-state index in [1.165, 1.54) is 20.2 Å². The molecule has 0 aliphatic rings. The summed E-state index contributed by atoms with van der Waals surface area (Å²) in [5.74, 6) is 1.50. The van der Waals surface area contributed by atoms with Gasteiger partial charge in [0.1, 0.15) is 0 Å². The van der Waals surface area contributed by atoms with Gasteiger partial charge in [0.05, 0.1) is 29.4 Å². The summed E-state index contributed by atoms with van der Waals surface area (Å²) in [5.41, 5.74) is 1.05. The van der Waals surface area contributed by atoms with Gasteiger partial charge < -0.3 is 9.47 Å². The maximum Gasteiger partial charge on any atom is 0.161 e. The zero-order valence-electron chi connectivity index (χ0n) is 11.9. The molecular formula is C16H13NO2S2. The van der Waals surface area contributed by atoms with Crippen LogP contribution >= 0.6 is 22.7 Å². The van der Waals surface area contributed by atoms with E-state index in [0.717, 1.165) is 27.4 Å². The molecule has 4 rings (SSSR count). The summed E-state index contributed by atoms with van der Waals surface area (Å²) in [6, 6.07) is 6.27. The summed E-state index contributed by atoms with van der Waals surface area (Å²) >= 11 is 3.50. The van der Waals surface area contributed by atoms with Crippen LogP contribution in [0.2, 0.25) is 0 Å². The Morgan fingerprint density at radius 2 is 1.67 bits per heavy atom. The smallest absolute Gasteiger partial charge is 0.161 e. The van der Waals surface area contributed by atoms with Crippen molar-refractivity contribution in [2.45, 2.75) is 6.92 Å². The van der Waals surface area contributed by atoms with E-state index >= 15 is 0 Å².